The quantitative estimate of drug-likeness (QED) is 0.785. The molecule has 0 aliphatic rings. The Morgan fingerprint density at radius 3 is 2.70 bits per heavy atom. The maximum atomic E-state index is 5.72. The van der Waals surface area contributed by atoms with Crippen LogP contribution in [0.4, 0.5) is 0 Å². The average molecular weight is 286 g/mol. The molecule has 0 aliphatic heterocycles. The molecule has 2 aromatic heterocycles. The van der Waals surface area contributed by atoms with Crippen molar-refractivity contribution in [1.82, 2.24) is 14.5 Å². The van der Waals surface area contributed by atoms with Crippen molar-refractivity contribution in [2.75, 3.05) is 0 Å². The van der Waals surface area contributed by atoms with Gasteiger partial charge in [-0.25, -0.2) is 4.98 Å². The molecule has 3 rings (SSSR count). The van der Waals surface area contributed by atoms with Gasteiger partial charge in [0.1, 0.15) is 0 Å². The fraction of sp³-hybridized carbons (Fsp3) is 0.333. The minimum absolute atomic E-state index is 0.0433. The molecular weight excluding hydrogens is 268 g/mol. The lowest BCUT2D eigenvalue weighted by Crippen LogP contribution is -2.22. The van der Waals surface area contributed by atoms with Gasteiger partial charge in [-0.1, -0.05) is 6.07 Å². The highest BCUT2D eigenvalue weighted by Crippen LogP contribution is 2.32. The zero-order valence-corrected chi connectivity index (χ0v) is 12.7. The third-order valence-electron chi connectivity index (χ3n) is 3.28. The van der Waals surface area contributed by atoms with Crippen molar-refractivity contribution in [2.24, 2.45) is 5.73 Å². The Bertz CT molecular complexity index is 735. The van der Waals surface area contributed by atoms with Crippen LogP contribution in [0.5, 0.6) is 0 Å². The Morgan fingerprint density at radius 2 is 2.10 bits per heavy atom. The zero-order valence-electron chi connectivity index (χ0n) is 11.9. The first-order valence-corrected chi connectivity index (χ1v) is 7.49. The first-order valence-electron chi connectivity index (χ1n) is 6.61. The molecule has 104 valence electrons. The largest absolute Gasteiger partial charge is 0.326 e. The topological polar surface area (TPSA) is 56.7 Å². The Labute approximate surface area is 122 Å². The number of rotatable bonds is 2. The monoisotopic (exact) mass is 286 g/mol. The number of benzene rings is 1. The second-order valence-electron chi connectivity index (χ2n) is 5.83. The maximum absolute atomic E-state index is 5.72. The van der Waals surface area contributed by atoms with Gasteiger partial charge in [-0.15, -0.1) is 11.3 Å². The van der Waals surface area contributed by atoms with E-state index in [1.807, 2.05) is 11.7 Å². The van der Waals surface area contributed by atoms with E-state index >= 15 is 0 Å². The molecule has 0 atom stereocenters. The van der Waals surface area contributed by atoms with Crippen LogP contribution >= 0.6 is 11.3 Å². The summed E-state index contributed by atoms with van der Waals surface area (Å²) in [6.07, 6.45) is 1.87. The number of hydrogen-bond acceptors (Lipinski definition) is 4. The van der Waals surface area contributed by atoms with Gasteiger partial charge in [0, 0.05) is 18.3 Å². The van der Waals surface area contributed by atoms with Gasteiger partial charge in [0.05, 0.1) is 21.4 Å². The molecule has 0 amide bonds. The van der Waals surface area contributed by atoms with E-state index in [1.54, 1.807) is 11.3 Å². The molecule has 1 aromatic carbocycles. The number of thiazole rings is 1. The van der Waals surface area contributed by atoms with E-state index in [1.165, 1.54) is 0 Å². The van der Waals surface area contributed by atoms with Crippen molar-refractivity contribution in [2.45, 2.75) is 32.9 Å². The van der Waals surface area contributed by atoms with E-state index in [2.05, 4.69) is 48.5 Å². The van der Waals surface area contributed by atoms with Gasteiger partial charge >= 0.3 is 0 Å². The standard InChI is InChI=1S/C15H18N4S/c1-15(2,3)19-12-5-4-10(7-16)6-11(12)18-14(19)13-8-17-9-20-13/h4-6,8-9H,7,16H2,1-3H3. The van der Waals surface area contributed by atoms with Gasteiger partial charge in [-0.3, -0.25) is 4.98 Å². The van der Waals surface area contributed by atoms with E-state index in [0.717, 1.165) is 27.3 Å². The first kappa shape index (κ1) is 13.3. The van der Waals surface area contributed by atoms with E-state index in [9.17, 15) is 0 Å². The number of hydrogen-bond donors (Lipinski definition) is 1. The predicted molar refractivity (Wildman–Crippen MR) is 83.7 cm³/mol. The maximum Gasteiger partial charge on any atom is 0.153 e. The normalized spacial score (nSPS) is 12.2. The van der Waals surface area contributed by atoms with E-state index in [4.69, 9.17) is 10.7 Å². The third kappa shape index (κ3) is 2.13. The summed E-state index contributed by atoms with van der Waals surface area (Å²) in [6, 6.07) is 6.26. The van der Waals surface area contributed by atoms with Gasteiger partial charge in [-0.2, -0.15) is 0 Å². The molecule has 4 nitrogen and oxygen atoms in total. The molecule has 2 N–H and O–H groups in total. The molecule has 0 radical (unpaired) electrons. The van der Waals surface area contributed by atoms with Crippen LogP contribution in [-0.2, 0) is 12.1 Å². The van der Waals surface area contributed by atoms with Crippen molar-refractivity contribution in [3.63, 3.8) is 0 Å². The molecular formula is C15H18N4S. The van der Waals surface area contributed by atoms with Crippen molar-refractivity contribution in [1.29, 1.82) is 0 Å². The van der Waals surface area contributed by atoms with Gasteiger partial charge < -0.3 is 10.3 Å². The molecule has 3 aromatic rings. The lowest BCUT2D eigenvalue weighted by Gasteiger charge is -2.24. The van der Waals surface area contributed by atoms with E-state index < -0.39 is 0 Å². The fourth-order valence-corrected chi connectivity index (χ4v) is 3.02. The first-order chi connectivity index (χ1) is 9.50. The molecule has 0 spiro atoms. The Morgan fingerprint density at radius 1 is 1.30 bits per heavy atom. The Kier molecular flexibility index (Phi) is 3.11. The van der Waals surface area contributed by atoms with Crippen LogP contribution in [0.3, 0.4) is 0 Å². The van der Waals surface area contributed by atoms with E-state index in [-0.39, 0.29) is 5.54 Å². The van der Waals surface area contributed by atoms with Gasteiger partial charge in [0.25, 0.3) is 0 Å². The Hall–Kier alpha value is -1.72. The van der Waals surface area contributed by atoms with Crippen LogP contribution in [0.15, 0.2) is 29.9 Å². The summed E-state index contributed by atoms with van der Waals surface area (Å²) in [6.45, 7) is 7.11. The summed E-state index contributed by atoms with van der Waals surface area (Å²) in [5.74, 6) is 0.976. The van der Waals surface area contributed by atoms with Gasteiger partial charge in [0.15, 0.2) is 5.82 Å². The van der Waals surface area contributed by atoms with Crippen molar-refractivity contribution < 1.29 is 0 Å². The highest BCUT2D eigenvalue weighted by atomic mass is 32.1. The Balaban J connectivity index is 2.33. The van der Waals surface area contributed by atoms with Crippen molar-refractivity contribution in [3.8, 4) is 10.7 Å². The average Bonchev–Trinajstić information content (AvgIpc) is 3.03. The molecule has 20 heavy (non-hydrogen) atoms. The summed E-state index contributed by atoms with van der Waals surface area (Å²) in [7, 11) is 0. The number of aromatic nitrogens is 3. The second-order valence-corrected chi connectivity index (χ2v) is 6.72. The third-order valence-corrected chi connectivity index (χ3v) is 4.05. The predicted octanol–water partition coefficient (Wildman–Crippen LogP) is 3.37. The molecule has 0 fully saturated rings. The second kappa shape index (κ2) is 4.68. The van der Waals surface area contributed by atoms with Crippen LogP contribution in [0, 0.1) is 0 Å². The molecule has 2 heterocycles. The fourth-order valence-electron chi connectivity index (χ4n) is 2.42. The molecule has 5 heteroatoms. The zero-order chi connectivity index (χ0) is 14.3. The summed E-state index contributed by atoms with van der Waals surface area (Å²) in [5.41, 5.74) is 10.8. The summed E-state index contributed by atoms with van der Waals surface area (Å²) in [5, 5.41) is 0. The van der Waals surface area contributed by atoms with Crippen LogP contribution in [0.1, 0.15) is 26.3 Å². The minimum Gasteiger partial charge on any atom is -0.326 e. The molecule has 0 saturated carbocycles. The number of nitrogens with two attached hydrogens (primary N) is 1. The van der Waals surface area contributed by atoms with Crippen molar-refractivity contribution in [3.05, 3.63) is 35.5 Å². The van der Waals surface area contributed by atoms with E-state index in [0.29, 0.717) is 6.54 Å². The van der Waals surface area contributed by atoms with Gasteiger partial charge in [-0.05, 0) is 38.5 Å². The smallest absolute Gasteiger partial charge is 0.153 e. The highest BCUT2D eigenvalue weighted by molar-refractivity contribution is 7.13. The van der Waals surface area contributed by atoms with Crippen molar-refractivity contribution >= 4 is 22.4 Å². The lowest BCUT2D eigenvalue weighted by atomic mass is 10.1. The summed E-state index contributed by atoms with van der Waals surface area (Å²) < 4.78 is 2.27. The summed E-state index contributed by atoms with van der Waals surface area (Å²) >= 11 is 1.61. The number of imidazole rings is 1. The van der Waals surface area contributed by atoms with Crippen LogP contribution < -0.4 is 5.73 Å². The van der Waals surface area contributed by atoms with Crippen LogP contribution in [0.2, 0.25) is 0 Å². The van der Waals surface area contributed by atoms with Crippen LogP contribution in [0.25, 0.3) is 21.7 Å². The van der Waals surface area contributed by atoms with Crippen LogP contribution in [-0.4, -0.2) is 14.5 Å². The highest BCUT2D eigenvalue weighted by Gasteiger charge is 2.23. The molecule has 0 unspecified atom stereocenters. The van der Waals surface area contributed by atoms with Gasteiger partial charge in [0.2, 0.25) is 0 Å². The SMILES string of the molecule is CC(C)(C)n1c(-c2cncs2)nc2cc(CN)ccc21. The molecule has 0 saturated heterocycles. The number of nitrogens with zero attached hydrogens (tertiary/aromatic N) is 3. The lowest BCUT2D eigenvalue weighted by molar-refractivity contribution is 0.413. The number of fused-ring (bicyclic) bond motifs is 1. The molecule has 0 bridgehead atoms. The molecule has 0 aliphatic carbocycles. The minimum atomic E-state index is -0.0433. The summed E-state index contributed by atoms with van der Waals surface area (Å²) in [4.78, 5) is 10.1.